The lowest BCUT2D eigenvalue weighted by molar-refractivity contribution is -0.150. The van der Waals surface area contributed by atoms with Crippen molar-refractivity contribution in [3.05, 3.63) is 28.8 Å². The van der Waals surface area contributed by atoms with E-state index in [2.05, 4.69) is 11.1 Å². The van der Waals surface area contributed by atoms with Crippen LogP contribution in [0.3, 0.4) is 0 Å². The summed E-state index contributed by atoms with van der Waals surface area (Å²) in [6, 6.07) is 6.13. The standard InChI is InChI=1S/C15H19NO2S/c1-9(2)15(4,14(17)18)8-13-16-11-6-5-10(3)7-12(11)19-13/h5-7,9H,8H2,1-4H3,(H,17,18). The van der Waals surface area contributed by atoms with Crippen LogP contribution in [0.4, 0.5) is 0 Å². The first-order valence-electron chi connectivity index (χ1n) is 6.42. The van der Waals surface area contributed by atoms with Gasteiger partial charge < -0.3 is 5.11 Å². The maximum Gasteiger partial charge on any atom is 0.310 e. The molecule has 0 amide bonds. The zero-order chi connectivity index (χ0) is 14.2. The molecule has 0 aliphatic heterocycles. The third-order valence-corrected chi connectivity index (χ3v) is 4.89. The highest BCUT2D eigenvalue weighted by Crippen LogP contribution is 2.34. The highest BCUT2D eigenvalue weighted by atomic mass is 32.1. The van der Waals surface area contributed by atoms with Crippen LogP contribution < -0.4 is 0 Å². The van der Waals surface area contributed by atoms with E-state index < -0.39 is 11.4 Å². The number of hydrogen-bond acceptors (Lipinski definition) is 3. The summed E-state index contributed by atoms with van der Waals surface area (Å²) in [7, 11) is 0. The molecule has 0 radical (unpaired) electrons. The normalized spacial score (nSPS) is 14.8. The Balaban J connectivity index is 2.37. The molecule has 2 aromatic rings. The molecule has 1 aromatic heterocycles. The molecule has 0 fully saturated rings. The molecule has 1 atom stereocenters. The van der Waals surface area contributed by atoms with Gasteiger partial charge in [-0.2, -0.15) is 0 Å². The lowest BCUT2D eigenvalue weighted by Gasteiger charge is -2.27. The van der Waals surface area contributed by atoms with Crippen LogP contribution in [0.2, 0.25) is 0 Å². The van der Waals surface area contributed by atoms with Crippen LogP contribution in [0.5, 0.6) is 0 Å². The molecule has 0 saturated heterocycles. The molecule has 0 bridgehead atoms. The molecule has 0 aliphatic carbocycles. The van der Waals surface area contributed by atoms with Crippen LogP contribution in [-0.2, 0) is 11.2 Å². The van der Waals surface area contributed by atoms with Crippen molar-refractivity contribution >= 4 is 27.5 Å². The monoisotopic (exact) mass is 277 g/mol. The lowest BCUT2D eigenvalue weighted by atomic mass is 9.76. The summed E-state index contributed by atoms with van der Waals surface area (Å²) in [5, 5.41) is 10.4. The van der Waals surface area contributed by atoms with Crippen LogP contribution in [-0.4, -0.2) is 16.1 Å². The van der Waals surface area contributed by atoms with Gasteiger partial charge in [0.05, 0.1) is 20.6 Å². The second-order valence-corrected chi connectivity index (χ2v) is 6.75. The molecule has 1 heterocycles. The van der Waals surface area contributed by atoms with Crippen molar-refractivity contribution in [2.24, 2.45) is 11.3 Å². The zero-order valence-electron chi connectivity index (χ0n) is 11.7. The fraction of sp³-hybridized carbons (Fsp3) is 0.467. The third-order valence-electron chi connectivity index (χ3n) is 3.87. The molecule has 2 rings (SSSR count). The number of hydrogen-bond donors (Lipinski definition) is 1. The minimum atomic E-state index is -0.761. The first kappa shape index (κ1) is 14.0. The van der Waals surface area contributed by atoms with E-state index in [4.69, 9.17) is 0 Å². The van der Waals surface area contributed by atoms with Crippen LogP contribution in [0.1, 0.15) is 31.3 Å². The average Bonchev–Trinajstić information content (AvgIpc) is 2.69. The first-order chi connectivity index (χ1) is 8.83. The average molecular weight is 277 g/mol. The van der Waals surface area contributed by atoms with Crippen molar-refractivity contribution in [1.29, 1.82) is 0 Å². The Hall–Kier alpha value is -1.42. The number of aromatic nitrogens is 1. The molecular formula is C15H19NO2S. The molecule has 0 aliphatic rings. The Labute approximate surface area is 117 Å². The summed E-state index contributed by atoms with van der Waals surface area (Å²) in [5.41, 5.74) is 1.40. The predicted octanol–water partition coefficient (Wildman–Crippen LogP) is 3.89. The number of thiazole rings is 1. The molecular weight excluding hydrogens is 258 g/mol. The topological polar surface area (TPSA) is 50.2 Å². The van der Waals surface area contributed by atoms with Gasteiger partial charge in [-0.15, -0.1) is 11.3 Å². The molecule has 1 aromatic carbocycles. The van der Waals surface area contributed by atoms with Crippen molar-refractivity contribution in [3.8, 4) is 0 Å². The van der Waals surface area contributed by atoms with Gasteiger partial charge in [-0.05, 0) is 37.5 Å². The molecule has 102 valence electrons. The zero-order valence-corrected chi connectivity index (χ0v) is 12.5. The summed E-state index contributed by atoms with van der Waals surface area (Å²) >= 11 is 1.60. The van der Waals surface area contributed by atoms with Crippen LogP contribution in [0.15, 0.2) is 18.2 Å². The van der Waals surface area contributed by atoms with Crippen molar-refractivity contribution in [3.63, 3.8) is 0 Å². The van der Waals surface area contributed by atoms with E-state index in [0.29, 0.717) is 6.42 Å². The van der Waals surface area contributed by atoms with Gasteiger partial charge in [-0.25, -0.2) is 4.98 Å². The van der Waals surface area contributed by atoms with Gasteiger partial charge in [-0.1, -0.05) is 19.9 Å². The Bertz CT molecular complexity index is 618. The fourth-order valence-electron chi connectivity index (χ4n) is 2.00. The highest BCUT2D eigenvalue weighted by molar-refractivity contribution is 7.18. The van der Waals surface area contributed by atoms with Gasteiger partial charge in [0, 0.05) is 6.42 Å². The summed E-state index contributed by atoms with van der Waals surface area (Å²) in [6.45, 7) is 7.75. The van der Waals surface area contributed by atoms with E-state index in [1.54, 1.807) is 18.3 Å². The maximum absolute atomic E-state index is 11.5. The summed E-state index contributed by atoms with van der Waals surface area (Å²) < 4.78 is 1.13. The van der Waals surface area contributed by atoms with E-state index in [-0.39, 0.29) is 5.92 Å². The quantitative estimate of drug-likeness (QED) is 0.922. The van der Waals surface area contributed by atoms with Crippen molar-refractivity contribution in [1.82, 2.24) is 4.98 Å². The molecule has 19 heavy (non-hydrogen) atoms. The van der Waals surface area contributed by atoms with Crippen LogP contribution in [0, 0.1) is 18.3 Å². The predicted molar refractivity (Wildman–Crippen MR) is 78.6 cm³/mol. The van der Waals surface area contributed by atoms with E-state index in [1.807, 2.05) is 32.9 Å². The highest BCUT2D eigenvalue weighted by Gasteiger charge is 2.37. The van der Waals surface area contributed by atoms with Gasteiger partial charge >= 0.3 is 5.97 Å². The fourth-order valence-corrected chi connectivity index (χ4v) is 3.23. The van der Waals surface area contributed by atoms with Crippen LogP contribution >= 0.6 is 11.3 Å². The van der Waals surface area contributed by atoms with E-state index in [9.17, 15) is 9.90 Å². The number of carboxylic acids is 1. The number of fused-ring (bicyclic) bond motifs is 1. The molecule has 1 N–H and O–H groups in total. The van der Waals surface area contributed by atoms with Gasteiger partial charge in [0.25, 0.3) is 0 Å². The van der Waals surface area contributed by atoms with Gasteiger partial charge in [0.15, 0.2) is 0 Å². The Morgan fingerprint density at radius 1 is 1.47 bits per heavy atom. The third kappa shape index (κ3) is 2.63. The minimum Gasteiger partial charge on any atom is -0.481 e. The SMILES string of the molecule is Cc1ccc2nc(CC(C)(C(=O)O)C(C)C)sc2c1. The molecule has 0 spiro atoms. The lowest BCUT2D eigenvalue weighted by Crippen LogP contribution is -2.35. The number of carbonyl (C=O) groups is 1. The van der Waals surface area contributed by atoms with Gasteiger partial charge in [0.1, 0.15) is 0 Å². The minimum absolute atomic E-state index is 0.0683. The summed E-state index contributed by atoms with van der Waals surface area (Å²) in [4.78, 5) is 16.1. The van der Waals surface area contributed by atoms with Gasteiger partial charge in [0.2, 0.25) is 0 Å². The van der Waals surface area contributed by atoms with Gasteiger partial charge in [-0.3, -0.25) is 4.79 Å². The molecule has 0 saturated carbocycles. The number of aryl methyl sites for hydroxylation is 1. The number of benzene rings is 1. The number of aliphatic carboxylic acids is 1. The Morgan fingerprint density at radius 2 is 2.16 bits per heavy atom. The smallest absolute Gasteiger partial charge is 0.310 e. The van der Waals surface area contributed by atoms with Crippen molar-refractivity contribution < 1.29 is 9.90 Å². The van der Waals surface area contributed by atoms with Crippen molar-refractivity contribution in [2.75, 3.05) is 0 Å². The number of nitrogens with zero attached hydrogens (tertiary/aromatic N) is 1. The first-order valence-corrected chi connectivity index (χ1v) is 7.24. The summed E-state index contributed by atoms with van der Waals surface area (Å²) in [6.07, 6.45) is 0.485. The van der Waals surface area contributed by atoms with Crippen LogP contribution in [0.25, 0.3) is 10.2 Å². The second-order valence-electron chi connectivity index (χ2n) is 5.63. The van der Waals surface area contributed by atoms with Crippen molar-refractivity contribution in [2.45, 2.75) is 34.1 Å². The summed E-state index contributed by atoms with van der Waals surface area (Å²) in [5.74, 6) is -0.684. The molecule has 4 heteroatoms. The van der Waals surface area contributed by atoms with E-state index in [0.717, 1.165) is 15.2 Å². The maximum atomic E-state index is 11.5. The molecule has 1 unspecified atom stereocenters. The Morgan fingerprint density at radius 3 is 2.74 bits per heavy atom. The van der Waals surface area contributed by atoms with E-state index >= 15 is 0 Å². The van der Waals surface area contributed by atoms with E-state index in [1.165, 1.54) is 5.56 Å². The number of carboxylic acid groups (broad SMARTS) is 1. The largest absolute Gasteiger partial charge is 0.481 e. The molecule has 3 nitrogen and oxygen atoms in total. The number of rotatable bonds is 4. The second kappa shape index (κ2) is 4.93. The Kier molecular flexibility index (Phi) is 3.63.